The summed E-state index contributed by atoms with van der Waals surface area (Å²) in [4.78, 5) is 25.3. The molecule has 104 valence electrons. The van der Waals surface area contributed by atoms with E-state index >= 15 is 0 Å². The molecule has 0 saturated heterocycles. The summed E-state index contributed by atoms with van der Waals surface area (Å²) in [5, 5.41) is 2.42. The van der Waals surface area contributed by atoms with E-state index in [2.05, 4.69) is 31.4 Å². The summed E-state index contributed by atoms with van der Waals surface area (Å²) >= 11 is 4.64. The number of rotatable bonds is 8. The number of carbonyl (C=O) groups excluding carboxylic acids is 2. The summed E-state index contributed by atoms with van der Waals surface area (Å²) in [6, 6.07) is 0. The van der Waals surface area contributed by atoms with Crippen molar-refractivity contribution in [2.24, 2.45) is 5.73 Å². The Bertz CT molecular complexity index is 287. The molecule has 0 saturated carbocycles. The first-order valence-electron chi connectivity index (χ1n) is 6.38. The van der Waals surface area contributed by atoms with E-state index in [9.17, 15) is 9.59 Å². The van der Waals surface area contributed by atoms with Crippen LogP contribution in [0.15, 0.2) is 0 Å². The van der Waals surface area contributed by atoms with Gasteiger partial charge in [0, 0.05) is 13.1 Å². The Kier molecular flexibility index (Phi) is 9.18. The Morgan fingerprint density at radius 2 is 1.67 bits per heavy atom. The number of nitrogens with one attached hydrogen (secondary N) is 1. The molecule has 18 heavy (non-hydrogen) atoms. The largest absolute Gasteiger partial charge is 0.392 e. The highest BCUT2D eigenvalue weighted by atomic mass is 32.1. The van der Waals surface area contributed by atoms with Gasteiger partial charge in [0.05, 0.1) is 11.5 Å². The Hall–Kier alpha value is -1.17. The molecule has 0 aliphatic carbocycles. The van der Waals surface area contributed by atoms with Gasteiger partial charge >= 0.3 is 11.8 Å². The van der Waals surface area contributed by atoms with E-state index in [4.69, 9.17) is 5.73 Å². The fraction of sp³-hybridized carbons (Fsp3) is 0.750. The lowest BCUT2D eigenvalue weighted by Crippen LogP contribution is -2.45. The zero-order valence-corrected chi connectivity index (χ0v) is 12.0. The molecule has 0 aromatic heterocycles. The first-order chi connectivity index (χ1) is 8.52. The Morgan fingerprint density at radius 1 is 1.17 bits per heavy atom. The summed E-state index contributed by atoms with van der Waals surface area (Å²) < 4.78 is 0. The first kappa shape index (κ1) is 16.8. The van der Waals surface area contributed by atoms with Crippen LogP contribution in [0.25, 0.3) is 0 Å². The second kappa shape index (κ2) is 9.82. The summed E-state index contributed by atoms with van der Waals surface area (Å²) in [5.41, 5.74) is 5.27. The lowest BCUT2D eigenvalue weighted by Gasteiger charge is -2.21. The SMILES string of the molecule is CCCCN(CCCC)C(=O)C(=O)NCC(N)=S. The van der Waals surface area contributed by atoms with Crippen LogP contribution < -0.4 is 11.1 Å². The van der Waals surface area contributed by atoms with Gasteiger partial charge in [-0.2, -0.15) is 0 Å². The fourth-order valence-electron chi connectivity index (χ4n) is 1.40. The molecule has 3 N–H and O–H groups in total. The monoisotopic (exact) mass is 273 g/mol. The quantitative estimate of drug-likeness (QED) is 0.507. The van der Waals surface area contributed by atoms with Crippen molar-refractivity contribution in [2.75, 3.05) is 19.6 Å². The van der Waals surface area contributed by atoms with Crippen LogP contribution in [0.3, 0.4) is 0 Å². The first-order valence-corrected chi connectivity index (χ1v) is 6.79. The maximum absolute atomic E-state index is 11.9. The van der Waals surface area contributed by atoms with Crippen molar-refractivity contribution in [1.82, 2.24) is 10.2 Å². The molecular formula is C12H23N3O2S. The minimum atomic E-state index is -0.630. The molecule has 5 nitrogen and oxygen atoms in total. The number of carbonyl (C=O) groups is 2. The molecule has 0 heterocycles. The summed E-state index contributed by atoms with van der Waals surface area (Å²) in [5.74, 6) is -1.12. The minimum absolute atomic E-state index is 0.0648. The maximum atomic E-state index is 11.9. The topological polar surface area (TPSA) is 75.4 Å². The molecule has 2 amide bonds. The predicted octanol–water partition coefficient (Wildman–Crippen LogP) is 0.818. The molecule has 6 heteroatoms. The van der Waals surface area contributed by atoms with Crippen LogP contribution in [0.4, 0.5) is 0 Å². The van der Waals surface area contributed by atoms with Crippen LogP contribution in [0.5, 0.6) is 0 Å². The molecule has 0 atom stereocenters. The van der Waals surface area contributed by atoms with Gasteiger partial charge in [-0.3, -0.25) is 9.59 Å². The smallest absolute Gasteiger partial charge is 0.311 e. The lowest BCUT2D eigenvalue weighted by atomic mass is 10.2. The maximum Gasteiger partial charge on any atom is 0.311 e. The van der Waals surface area contributed by atoms with Crippen LogP contribution in [-0.4, -0.2) is 41.3 Å². The van der Waals surface area contributed by atoms with Crippen molar-refractivity contribution in [1.29, 1.82) is 0 Å². The van der Waals surface area contributed by atoms with Crippen molar-refractivity contribution in [3.05, 3.63) is 0 Å². The molecule has 0 spiro atoms. The fourth-order valence-corrected chi connectivity index (χ4v) is 1.47. The van der Waals surface area contributed by atoms with E-state index in [0.717, 1.165) is 25.7 Å². The highest BCUT2D eigenvalue weighted by Crippen LogP contribution is 2.00. The van der Waals surface area contributed by atoms with Gasteiger partial charge in [0.15, 0.2) is 0 Å². The zero-order valence-electron chi connectivity index (χ0n) is 11.2. The molecule has 0 aromatic carbocycles. The van der Waals surface area contributed by atoms with Gasteiger partial charge in [0.25, 0.3) is 0 Å². The van der Waals surface area contributed by atoms with E-state index in [0.29, 0.717) is 13.1 Å². The summed E-state index contributed by atoms with van der Waals surface area (Å²) in [6.45, 7) is 5.41. The van der Waals surface area contributed by atoms with E-state index in [1.54, 1.807) is 4.90 Å². The highest BCUT2D eigenvalue weighted by molar-refractivity contribution is 7.80. The van der Waals surface area contributed by atoms with Gasteiger partial charge < -0.3 is 16.0 Å². The molecule has 0 rings (SSSR count). The van der Waals surface area contributed by atoms with Crippen LogP contribution >= 0.6 is 12.2 Å². The van der Waals surface area contributed by atoms with Crippen molar-refractivity contribution in [3.63, 3.8) is 0 Å². The van der Waals surface area contributed by atoms with Crippen LogP contribution in [0.2, 0.25) is 0 Å². The van der Waals surface area contributed by atoms with E-state index in [1.165, 1.54) is 0 Å². The number of nitrogens with zero attached hydrogens (tertiary/aromatic N) is 1. The number of nitrogens with two attached hydrogens (primary N) is 1. The molecule has 0 bridgehead atoms. The molecule has 0 aliphatic heterocycles. The minimum Gasteiger partial charge on any atom is -0.392 e. The third-order valence-electron chi connectivity index (χ3n) is 2.47. The van der Waals surface area contributed by atoms with Gasteiger partial charge in [0.1, 0.15) is 0 Å². The number of thiocarbonyl (C=S) groups is 1. The van der Waals surface area contributed by atoms with Gasteiger partial charge in [-0.05, 0) is 12.8 Å². The molecular weight excluding hydrogens is 250 g/mol. The number of amides is 2. The second-order valence-electron chi connectivity index (χ2n) is 4.15. The zero-order chi connectivity index (χ0) is 14.0. The number of unbranched alkanes of at least 4 members (excludes halogenated alkanes) is 2. The van der Waals surface area contributed by atoms with E-state index < -0.39 is 11.8 Å². The molecule has 0 radical (unpaired) electrons. The average molecular weight is 273 g/mol. The predicted molar refractivity (Wildman–Crippen MR) is 76.2 cm³/mol. The number of hydrogen-bond donors (Lipinski definition) is 2. The normalized spacial score (nSPS) is 9.89. The molecule has 0 fully saturated rings. The molecule has 0 aromatic rings. The van der Waals surface area contributed by atoms with Crippen LogP contribution in [0, 0.1) is 0 Å². The van der Waals surface area contributed by atoms with Gasteiger partial charge in [-0.15, -0.1) is 0 Å². The lowest BCUT2D eigenvalue weighted by molar-refractivity contribution is -0.145. The van der Waals surface area contributed by atoms with Gasteiger partial charge in [-0.1, -0.05) is 38.9 Å². The third kappa shape index (κ3) is 7.21. The Labute approximate surface area is 114 Å². The molecule has 0 aliphatic rings. The van der Waals surface area contributed by atoms with Crippen LogP contribution in [-0.2, 0) is 9.59 Å². The Morgan fingerprint density at radius 3 is 2.06 bits per heavy atom. The molecule has 0 unspecified atom stereocenters. The summed E-state index contributed by atoms with van der Waals surface area (Å²) in [7, 11) is 0. The second-order valence-corrected chi connectivity index (χ2v) is 4.67. The van der Waals surface area contributed by atoms with Crippen molar-refractivity contribution < 1.29 is 9.59 Å². The summed E-state index contributed by atoms with van der Waals surface area (Å²) in [6.07, 6.45) is 3.78. The van der Waals surface area contributed by atoms with Gasteiger partial charge in [-0.25, -0.2) is 0 Å². The average Bonchev–Trinajstić information content (AvgIpc) is 2.35. The number of hydrogen-bond acceptors (Lipinski definition) is 3. The van der Waals surface area contributed by atoms with Crippen molar-refractivity contribution in [3.8, 4) is 0 Å². The van der Waals surface area contributed by atoms with Crippen LogP contribution in [0.1, 0.15) is 39.5 Å². The highest BCUT2D eigenvalue weighted by Gasteiger charge is 2.20. The van der Waals surface area contributed by atoms with E-state index in [-0.39, 0.29) is 11.5 Å². The van der Waals surface area contributed by atoms with Crippen molar-refractivity contribution in [2.45, 2.75) is 39.5 Å². The van der Waals surface area contributed by atoms with Gasteiger partial charge in [0.2, 0.25) is 0 Å². The third-order valence-corrected chi connectivity index (χ3v) is 2.61. The van der Waals surface area contributed by atoms with Crippen molar-refractivity contribution >= 4 is 29.0 Å². The Balaban J connectivity index is 4.32. The van der Waals surface area contributed by atoms with E-state index in [1.807, 2.05) is 0 Å². The standard InChI is InChI=1S/C12H23N3O2S/c1-3-5-7-15(8-6-4-2)12(17)11(16)14-9-10(13)18/h3-9H2,1-2H3,(H2,13,18)(H,14,16).